The first-order chi connectivity index (χ1) is 9.60. The normalized spacial score (nSPS) is 17.1. The molecule has 2 unspecified atom stereocenters. The summed E-state index contributed by atoms with van der Waals surface area (Å²) >= 11 is 0. The molecule has 2 amide bonds. The fourth-order valence-corrected chi connectivity index (χ4v) is 2.28. The van der Waals surface area contributed by atoms with Gasteiger partial charge in [-0.25, -0.2) is 4.79 Å². The van der Waals surface area contributed by atoms with E-state index >= 15 is 0 Å². The van der Waals surface area contributed by atoms with Gasteiger partial charge in [0, 0.05) is 6.04 Å². The summed E-state index contributed by atoms with van der Waals surface area (Å²) < 4.78 is 5.48. The van der Waals surface area contributed by atoms with Gasteiger partial charge in [0.2, 0.25) is 0 Å². The summed E-state index contributed by atoms with van der Waals surface area (Å²) in [5, 5.41) is 5.97. The van der Waals surface area contributed by atoms with E-state index in [1.54, 1.807) is 0 Å². The predicted octanol–water partition coefficient (Wildman–Crippen LogP) is 3.24. The first-order valence-corrected chi connectivity index (χ1v) is 7.40. The van der Waals surface area contributed by atoms with Crippen LogP contribution in [-0.4, -0.2) is 18.7 Å². The van der Waals surface area contributed by atoms with Crippen molar-refractivity contribution in [1.82, 2.24) is 10.6 Å². The Morgan fingerprint density at radius 3 is 2.75 bits per heavy atom. The van der Waals surface area contributed by atoms with Crippen molar-refractivity contribution in [1.29, 1.82) is 0 Å². The number of benzene rings is 1. The van der Waals surface area contributed by atoms with Crippen molar-refractivity contribution < 1.29 is 9.53 Å². The fourth-order valence-electron chi connectivity index (χ4n) is 2.28. The summed E-state index contributed by atoms with van der Waals surface area (Å²) in [5.74, 6) is 1.50. The number of carbonyl (C=O) groups is 1. The third-order valence-electron chi connectivity index (χ3n) is 3.70. The van der Waals surface area contributed by atoms with E-state index < -0.39 is 0 Å². The highest BCUT2D eigenvalue weighted by Gasteiger charge is 2.29. The monoisotopic (exact) mass is 276 g/mol. The summed E-state index contributed by atoms with van der Waals surface area (Å²) in [6, 6.07) is 7.96. The van der Waals surface area contributed by atoms with E-state index in [1.165, 1.54) is 12.8 Å². The molecule has 2 atom stereocenters. The summed E-state index contributed by atoms with van der Waals surface area (Å²) in [6.07, 6.45) is 2.46. The maximum atomic E-state index is 11.9. The van der Waals surface area contributed by atoms with E-state index in [-0.39, 0.29) is 18.1 Å². The largest absolute Gasteiger partial charge is 0.494 e. The van der Waals surface area contributed by atoms with Crippen LogP contribution in [0.5, 0.6) is 5.75 Å². The number of hydrogen-bond donors (Lipinski definition) is 2. The number of amides is 2. The van der Waals surface area contributed by atoms with E-state index in [9.17, 15) is 4.79 Å². The Hall–Kier alpha value is -1.71. The molecule has 20 heavy (non-hydrogen) atoms. The van der Waals surface area contributed by atoms with Gasteiger partial charge in [0.25, 0.3) is 0 Å². The zero-order valence-electron chi connectivity index (χ0n) is 12.5. The zero-order chi connectivity index (χ0) is 14.5. The van der Waals surface area contributed by atoms with E-state index in [1.807, 2.05) is 38.1 Å². The van der Waals surface area contributed by atoms with Crippen molar-refractivity contribution in [3.8, 4) is 5.75 Å². The second kappa shape index (κ2) is 6.64. The maximum absolute atomic E-state index is 11.9. The van der Waals surface area contributed by atoms with Crippen molar-refractivity contribution in [2.45, 2.75) is 45.7 Å². The molecule has 110 valence electrons. The summed E-state index contributed by atoms with van der Waals surface area (Å²) in [7, 11) is 0. The van der Waals surface area contributed by atoms with E-state index in [0.717, 1.165) is 11.3 Å². The maximum Gasteiger partial charge on any atom is 0.315 e. The summed E-state index contributed by atoms with van der Waals surface area (Å²) in [4.78, 5) is 11.9. The van der Waals surface area contributed by atoms with Gasteiger partial charge in [0.15, 0.2) is 0 Å². The Morgan fingerprint density at radius 1 is 1.35 bits per heavy atom. The number of hydrogen-bond acceptors (Lipinski definition) is 2. The van der Waals surface area contributed by atoms with Crippen LogP contribution in [-0.2, 0) is 0 Å². The Kier molecular flexibility index (Phi) is 4.88. The topological polar surface area (TPSA) is 50.4 Å². The van der Waals surface area contributed by atoms with Crippen LogP contribution in [0.1, 0.15) is 45.2 Å². The minimum absolute atomic E-state index is 0.0400. The minimum atomic E-state index is -0.0984. The standard InChI is InChI=1S/C16H24N2O2/c1-4-20-15-7-5-6-14(10-15)12(3)18-16(19)17-11(2)13-8-9-13/h5-7,10-13H,4,8-9H2,1-3H3,(H2,17,18,19). The summed E-state index contributed by atoms with van der Waals surface area (Å²) in [5.41, 5.74) is 1.05. The van der Waals surface area contributed by atoms with Crippen LogP contribution in [0.2, 0.25) is 0 Å². The molecule has 4 nitrogen and oxygen atoms in total. The minimum Gasteiger partial charge on any atom is -0.494 e. The molecule has 0 saturated heterocycles. The van der Waals surface area contributed by atoms with Gasteiger partial charge in [-0.3, -0.25) is 0 Å². The molecule has 1 aliphatic rings. The Bertz CT molecular complexity index is 458. The van der Waals surface area contributed by atoms with Crippen molar-refractivity contribution in [3.05, 3.63) is 29.8 Å². The zero-order valence-corrected chi connectivity index (χ0v) is 12.5. The molecule has 4 heteroatoms. The molecule has 2 rings (SSSR count). The lowest BCUT2D eigenvalue weighted by Gasteiger charge is -2.18. The van der Waals surface area contributed by atoms with E-state index in [0.29, 0.717) is 12.5 Å². The molecule has 1 fully saturated rings. The molecule has 0 bridgehead atoms. The number of ether oxygens (including phenoxy) is 1. The van der Waals surface area contributed by atoms with Crippen LogP contribution in [0.15, 0.2) is 24.3 Å². The second-order valence-corrected chi connectivity index (χ2v) is 5.47. The lowest BCUT2D eigenvalue weighted by molar-refractivity contribution is 0.233. The second-order valence-electron chi connectivity index (χ2n) is 5.47. The molecule has 2 N–H and O–H groups in total. The van der Waals surface area contributed by atoms with Gasteiger partial charge in [-0.1, -0.05) is 12.1 Å². The molecule has 0 spiro atoms. The highest BCUT2D eigenvalue weighted by Crippen LogP contribution is 2.32. The van der Waals surface area contributed by atoms with Gasteiger partial charge in [0.05, 0.1) is 12.6 Å². The fraction of sp³-hybridized carbons (Fsp3) is 0.562. The molecule has 1 aliphatic carbocycles. The van der Waals surface area contributed by atoms with Gasteiger partial charge in [-0.05, 0) is 57.2 Å². The van der Waals surface area contributed by atoms with Gasteiger partial charge < -0.3 is 15.4 Å². The Labute approximate surface area is 120 Å². The highest BCUT2D eigenvalue weighted by molar-refractivity contribution is 5.74. The smallest absolute Gasteiger partial charge is 0.315 e. The number of nitrogens with one attached hydrogen (secondary N) is 2. The lowest BCUT2D eigenvalue weighted by atomic mass is 10.1. The van der Waals surface area contributed by atoms with Gasteiger partial charge in [-0.2, -0.15) is 0 Å². The molecular formula is C16H24N2O2. The number of urea groups is 1. The average Bonchev–Trinajstić information content (AvgIpc) is 3.23. The highest BCUT2D eigenvalue weighted by atomic mass is 16.5. The van der Waals surface area contributed by atoms with Crippen LogP contribution in [0.25, 0.3) is 0 Å². The average molecular weight is 276 g/mol. The molecule has 0 aliphatic heterocycles. The van der Waals surface area contributed by atoms with Crippen LogP contribution < -0.4 is 15.4 Å². The van der Waals surface area contributed by atoms with Gasteiger partial charge in [-0.15, -0.1) is 0 Å². The predicted molar refractivity (Wildman–Crippen MR) is 79.9 cm³/mol. The van der Waals surface area contributed by atoms with Crippen molar-refractivity contribution >= 4 is 6.03 Å². The van der Waals surface area contributed by atoms with Gasteiger partial charge >= 0.3 is 6.03 Å². The quantitative estimate of drug-likeness (QED) is 0.838. The summed E-state index contributed by atoms with van der Waals surface area (Å²) in [6.45, 7) is 6.65. The third kappa shape index (κ3) is 4.15. The first-order valence-electron chi connectivity index (χ1n) is 7.40. The molecular weight excluding hydrogens is 252 g/mol. The number of rotatable bonds is 6. The SMILES string of the molecule is CCOc1cccc(C(C)NC(=O)NC(C)C2CC2)c1. The van der Waals surface area contributed by atoms with Crippen LogP contribution >= 0.6 is 0 Å². The van der Waals surface area contributed by atoms with E-state index in [4.69, 9.17) is 4.74 Å². The molecule has 1 saturated carbocycles. The number of carbonyl (C=O) groups excluding carboxylic acids is 1. The third-order valence-corrected chi connectivity index (χ3v) is 3.70. The Morgan fingerprint density at radius 2 is 2.10 bits per heavy atom. The van der Waals surface area contributed by atoms with Crippen LogP contribution in [0, 0.1) is 5.92 Å². The Balaban J connectivity index is 1.88. The first kappa shape index (κ1) is 14.7. The van der Waals surface area contributed by atoms with E-state index in [2.05, 4.69) is 17.6 Å². The van der Waals surface area contributed by atoms with Crippen molar-refractivity contribution in [2.24, 2.45) is 5.92 Å². The lowest BCUT2D eigenvalue weighted by Crippen LogP contribution is -2.42. The van der Waals surface area contributed by atoms with Crippen molar-refractivity contribution in [3.63, 3.8) is 0 Å². The molecule has 0 heterocycles. The van der Waals surface area contributed by atoms with Crippen LogP contribution in [0.3, 0.4) is 0 Å². The van der Waals surface area contributed by atoms with Crippen molar-refractivity contribution in [2.75, 3.05) is 6.61 Å². The molecule has 1 aromatic carbocycles. The molecule has 0 aromatic heterocycles. The molecule has 0 radical (unpaired) electrons. The van der Waals surface area contributed by atoms with Gasteiger partial charge in [0.1, 0.15) is 5.75 Å². The van der Waals surface area contributed by atoms with Crippen LogP contribution in [0.4, 0.5) is 4.79 Å². The molecule has 1 aromatic rings.